The monoisotopic (exact) mass is 332 g/mol. The normalized spacial score (nSPS) is 12.7. The molecule has 0 amide bonds. The molecule has 0 saturated carbocycles. The van der Waals surface area contributed by atoms with Gasteiger partial charge in [0.2, 0.25) is 0 Å². The van der Waals surface area contributed by atoms with Crippen LogP contribution in [0.1, 0.15) is 57.7 Å². The molecule has 1 heterocycles. The molecule has 0 spiro atoms. The third-order valence-electron chi connectivity index (χ3n) is 3.90. The van der Waals surface area contributed by atoms with Crippen molar-refractivity contribution in [2.45, 2.75) is 58.9 Å². The lowest BCUT2D eigenvalue weighted by molar-refractivity contribution is 0.423. The molecule has 0 atom stereocenters. The van der Waals surface area contributed by atoms with Gasteiger partial charge in [-0.05, 0) is 30.0 Å². The summed E-state index contributed by atoms with van der Waals surface area (Å²) in [4.78, 5) is 4.72. The molecule has 3 nitrogen and oxygen atoms in total. The Morgan fingerprint density at radius 2 is 1.57 bits per heavy atom. The van der Waals surface area contributed by atoms with Gasteiger partial charge in [0.1, 0.15) is 10.8 Å². The van der Waals surface area contributed by atoms with Crippen LogP contribution >= 0.6 is 11.3 Å². The summed E-state index contributed by atoms with van der Waals surface area (Å²) >= 11 is 1.66. The molecule has 0 fully saturated rings. The second kappa shape index (κ2) is 6.25. The summed E-state index contributed by atoms with van der Waals surface area (Å²) in [6.45, 7) is 13.6. The first-order chi connectivity index (χ1) is 10.5. The zero-order chi connectivity index (χ0) is 17.4. The largest absolute Gasteiger partial charge is 0.507 e. The van der Waals surface area contributed by atoms with Gasteiger partial charge in [0, 0.05) is 28.6 Å². The Morgan fingerprint density at radius 3 is 2.00 bits per heavy atom. The third-order valence-corrected chi connectivity index (χ3v) is 4.75. The molecular formula is C19H28N2OS. The molecule has 126 valence electrons. The fourth-order valence-corrected chi connectivity index (χ4v) is 3.42. The van der Waals surface area contributed by atoms with Crippen LogP contribution in [0.3, 0.4) is 0 Å². The third kappa shape index (κ3) is 3.93. The fourth-order valence-electron chi connectivity index (χ4n) is 2.60. The van der Waals surface area contributed by atoms with E-state index in [4.69, 9.17) is 4.98 Å². The van der Waals surface area contributed by atoms with Gasteiger partial charge >= 0.3 is 0 Å². The zero-order valence-corrected chi connectivity index (χ0v) is 16.1. The highest BCUT2D eigenvalue weighted by Gasteiger charge is 2.27. The number of hydrogen-bond acceptors (Lipinski definition) is 4. The molecule has 1 aromatic carbocycles. The number of hydrogen-bond donors (Lipinski definition) is 2. The van der Waals surface area contributed by atoms with Gasteiger partial charge in [-0.3, -0.25) is 0 Å². The Hall–Kier alpha value is -1.39. The van der Waals surface area contributed by atoms with Gasteiger partial charge in [0.05, 0.1) is 5.69 Å². The molecular weight excluding hydrogens is 304 g/mol. The molecule has 0 unspecified atom stereocenters. The minimum Gasteiger partial charge on any atom is -0.507 e. The average molecular weight is 333 g/mol. The van der Waals surface area contributed by atoms with E-state index in [1.54, 1.807) is 11.3 Å². The summed E-state index contributed by atoms with van der Waals surface area (Å²) in [5, 5.41) is 17.1. The van der Waals surface area contributed by atoms with Crippen molar-refractivity contribution in [3.05, 3.63) is 33.6 Å². The fraction of sp³-hybridized carbons (Fsp3) is 0.526. The Morgan fingerprint density at radius 1 is 1.04 bits per heavy atom. The van der Waals surface area contributed by atoms with Crippen LogP contribution in [0.2, 0.25) is 0 Å². The van der Waals surface area contributed by atoms with Gasteiger partial charge in [-0.1, -0.05) is 41.5 Å². The van der Waals surface area contributed by atoms with Gasteiger partial charge in [-0.15, -0.1) is 11.3 Å². The van der Waals surface area contributed by atoms with E-state index in [2.05, 4.69) is 64.4 Å². The number of nitrogens with zero attached hydrogens (tertiary/aromatic N) is 1. The Labute approximate surface area is 143 Å². The van der Waals surface area contributed by atoms with Crippen LogP contribution in [0.15, 0.2) is 17.5 Å². The second-order valence-corrected chi connectivity index (χ2v) is 9.02. The van der Waals surface area contributed by atoms with Gasteiger partial charge < -0.3 is 10.4 Å². The number of rotatable bonds is 3. The summed E-state index contributed by atoms with van der Waals surface area (Å²) in [6.07, 6.45) is 0. The minimum absolute atomic E-state index is 0.121. The van der Waals surface area contributed by atoms with E-state index in [0.717, 1.165) is 33.9 Å². The van der Waals surface area contributed by atoms with Crippen LogP contribution in [-0.4, -0.2) is 17.1 Å². The van der Waals surface area contributed by atoms with Crippen LogP contribution < -0.4 is 5.32 Å². The quantitative estimate of drug-likeness (QED) is 0.846. The van der Waals surface area contributed by atoms with Gasteiger partial charge in [0.25, 0.3) is 0 Å². The summed E-state index contributed by atoms with van der Waals surface area (Å²) in [7, 11) is 1.93. The maximum absolute atomic E-state index is 10.8. The highest BCUT2D eigenvalue weighted by molar-refractivity contribution is 7.09. The molecule has 0 aliphatic rings. The highest BCUT2D eigenvalue weighted by Crippen LogP contribution is 2.42. The SMILES string of the molecule is CNCc1nc(-c2cc(C(C)(C)C)c(O)c(C(C)(C)C)c2)cs1. The lowest BCUT2D eigenvalue weighted by Gasteiger charge is -2.28. The van der Waals surface area contributed by atoms with Crippen molar-refractivity contribution < 1.29 is 5.11 Å². The van der Waals surface area contributed by atoms with Gasteiger partial charge in [-0.25, -0.2) is 4.98 Å². The molecule has 0 saturated heterocycles. The van der Waals surface area contributed by atoms with E-state index in [-0.39, 0.29) is 10.8 Å². The molecule has 0 radical (unpaired) electrons. The number of thiazole rings is 1. The Balaban J connectivity index is 2.64. The Bertz CT molecular complexity index is 655. The predicted octanol–water partition coefficient (Wildman–Crippen LogP) is 4.83. The van der Waals surface area contributed by atoms with Crippen LogP contribution in [0, 0.1) is 0 Å². The van der Waals surface area contributed by atoms with Crippen LogP contribution in [0.4, 0.5) is 0 Å². The smallest absolute Gasteiger partial charge is 0.123 e. The first-order valence-electron chi connectivity index (χ1n) is 8.01. The highest BCUT2D eigenvalue weighted by atomic mass is 32.1. The van der Waals surface area contributed by atoms with E-state index in [1.165, 1.54) is 0 Å². The van der Waals surface area contributed by atoms with Crippen molar-refractivity contribution in [1.29, 1.82) is 0 Å². The molecule has 23 heavy (non-hydrogen) atoms. The molecule has 0 aliphatic heterocycles. The number of phenols is 1. The second-order valence-electron chi connectivity index (χ2n) is 8.08. The van der Waals surface area contributed by atoms with E-state index >= 15 is 0 Å². The standard InChI is InChI=1S/C19H28N2OS/c1-18(2,3)13-8-12(9-14(17(13)22)19(4,5)6)15-11-23-16(21-15)10-20-7/h8-9,11,20,22H,10H2,1-7H3. The number of phenolic OH excluding ortho intramolecular Hbond substituents is 1. The summed E-state index contributed by atoms with van der Waals surface area (Å²) in [5.74, 6) is 0.416. The van der Waals surface area contributed by atoms with Crippen molar-refractivity contribution in [3.8, 4) is 17.0 Å². The molecule has 4 heteroatoms. The van der Waals surface area contributed by atoms with Crippen molar-refractivity contribution in [3.63, 3.8) is 0 Å². The maximum Gasteiger partial charge on any atom is 0.123 e. The molecule has 2 aromatic rings. The van der Waals surface area contributed by atoms with E-state index in [0.29, 0.717) is 5.75 Å². The number of benzene rings is 1. The average Bonchev–Trinajstić information content (AvgIpc) is 2.85. The molecule has 2 N–H and O–H groups in total. The number of aromatic hydroxyl groups is 1. The molecule has 2 rings (SSSR count). The molecule has 0 bridgehead atoms. The summed E-state index contributed by atoms with van der Waals surface area (Å²) in [6, 6.07) is 4.17. The number of nitrogens with one attached hydrogen (secondary N) is 1. The minimum atomic E-state index is -0.121. The van der Waals surface area contributed by atoms with Crippen molar-refractivity contribution in [1.82, 2.24) is 10.3 Å². The van der Waals surface area contributed by atoms with Gasteiger partial charge in [-0.2, -0.15) is 0 Å². The van der Waals surface area contributed by atoms with Crippen LogP contribution in [0.5, 0.6) is 5.75 Å². The van der Waals surface area contributed by atoms with E-state index < -0.39 is 0 Å². The van der Waals surface area contributed by atoms with Crippen LogP contribution in [0.25, 0.3) is 11.3 Å². The lowest BCUT2D eigenvalue weighted by Crippen LogP contribution is -2.17. The molecule has 0 aliphatic carbocycles. The number of aromatic nitrogens is 1. The van der Waals surface area contributed by atoms with Gasteiger partial charge in [0.15, 0.2) is 0 Å². The predicted molar refractivity (Wildman–Crippen MR) is 99.4 cm³/mol. The Kier molecular flexibility index (Phi) is 4.88. The topological polar surface area (TPSA) is 45.2 Å². The first kappa shape index (κ1) is 18.0. The lowest BCUT2D eigenvalue weighted by atomic mass is 9.78. The molecule has 1 aromatic heterocycles. The first-order valence-corrected chi connectivity index (χ1v) is 8.89. The van der Waals surface area contributed by atoms with E-state index in [9.17, 15) is 5.11 Å². The van der Waals surface area contributed by atoms with Crippen molar-refractivity contribution in [2.24, 2.45) is 0 Å². The van der Waals surface area contributed by atoms with E-state index in [1.807, 2.05) is 7.05 Å². The summed E-state index contributed by atoms with van der Waals surface area (Å²) < 4.78 is 0. The van der Waals surface area contributed by atoms with Crippen molar-refractivity contribution in [2.75, 3.05) is 7.05 Å². The van der Waals surface area contributed by atoms with Crippen LogP contribution in [-0.2, 0) is 17.4 Å². The maximum atomic E-state index is 10.8. The summed E-state index contributed by atoms with van der Waals surface area (Å²) in [5.41, 5.74) is 3.77. The van der Waals surface area contributed by atoms with Crippen molar-refractivity contribution >= 4 is 11.3 Å². The zero-order valence-electron chi connectivity index (χ0n) is 15.2.